The second-order valence-electron chi connectivity index (χ2n) is 11.8. The molecule has 3 N–H and O–H groups in total. The van der Waals surface area contributed by atoms with Crippen molar-refractivity contribution in [2.45, 2.75) is 84.5 Å². The molecule has 2 unspecified atom stereocenters. The topological polar surface area (TPSA) is 104 Å². The van der Waals surface area contributed by atoms with Crippen molar-refractivity contribution < 1.29 is 18.3 Å². The minimum Gasteiger partial charge on any atom is -0.390 e. The zero-order valence-corrected chi connectivity index (χ0v) is 25.9. The molecule has 1 amide bonds. The number of nitrogens with zero attached hydrogens (tertiary/aromatic N) is 2. The molecule has 224 valence electrons. The van der Waals surface area contributed by atoms with Crippen LogP contribution in [0.5, 0.6) is 0 Å². The third-order valence-corrected chi connectivity index (χ3v) is 9.95. The smallest absolute Gasteiger partial charge is 0.251 e. The van der Waals surface area contributed by atoms with E-state index in [1.807, 2.05) is 49.5 Å². The van der Waals surface area contributed by atoms with Crippen molar-refractivity contribution in [2.24, 2.45) is 5.92 Å². The molecule has 0 fully saturated rings. The fraction of sp³-hybridized carbons (Fsp3) is 0.531. The third kappa shape index (κ3) is 7.50. The van der Waals surface area contributed by atoms with E-state index in [2.05, 4.69) is 36.0 Å². The Morgan fingerprint density at radius 3 is 2.51 bits per heavy atom. The van der Waals surface area contributed by atoms with Crippen LogP contribution in [0.4, 0.5) is 5.69 Å². The summed E-state index contributed by atoms with van der Waals surface area (Å²) in [6.07, 6.45) is 5.42. The van der Waals surface area contributed by atoms with E-state index in [1.165, 1.54) is 10.7 Å². The molecule has 0 aliphatic carbocycles. The summed E-state index contributed by atoms with van der Waals surface area (Å²) in [6, 6.07) is 13.0. The number of hydrogen-bond donors (Lipinski definition) is 3. The molecule has 2 aromatic carbocycles. The molecule has 1 aliphatic heterocycles. The Bertz CT molecular complexity index is 1430. The highest BCUT2D eigenvalue weighted by molar-refractivity contribution is 7.92. The minimum atomic E-state index is -3.50. The molecule has 0 saturated heterocycles. The number of aliphatic hydroxyl groups excluding tert-OH is 1. The predicted molar refractivity (Wildman–Crippen MR) is 167 cm³/mol. The van der Waals surface area contributed by atoms with Gasteiger partial charge >= 0.3 is 0 Å². The number of benzene rings is 2. The van der Waals surface area contributed by atoms with Gasteiger partial charge in [-0.15, -0.1) is 0 Å². The number of aliphatic hydroxyl groups is 1. The van der Waals surface area contributed by atoms with Crippen LogP contribution in [0.25, 0.3) is 10.9 Å². The second kappa shape index (κ2) is 13.4. The summed E-state index contributed by atoms with van der Waals surface area (Å²) in [4.78, 5) is 13.8. The number of carbonyl (C=O) groups is 1. The first-order valence-electron chi connectivity index (χ1n) is 14.9. The fourth-order valence-corrected chi connectivity index (χ4v) is 6.84. The number of amides is 1. The summed E-state index contributed by atoms with van der Waals surface area (Å²) in [6.45, 7) is 9.67. The lowest BCUT2D eigenvalue weighted by Gasteiger charge is -2.27. The van der Waals surface area contributed by atoms with Crippen molar-refractivity contribution in [3.63, 3.8) is 0 Å². The van der Waals surface area contributed by atoms with Gasteiger partial charge in [-0.2, -0.15) is 0 Å². The zero-order chi connectivity index (χ0) is 29.7. The molecule has 1 aliphatic rings. The first kappa shape index (κ1) is 31.1. The number of nitrogens with one attached hydrogen (secondary N) is 2. The summed E-state index contributed by atoms with van der Waals surface area (Å²) < 4.78 is 29.2. The summed E-state index contributed by atoms with van der Waals surface area (Å²) >= 11 is 0. The number of rotatable bonds is 13. The Hall–Kier alpha value is -2.88. The number of aromatic nitrogens is 1. The first-order valence-corrected chi connectivity index (χ1v) is 16.5. The van der Waals surface area contributed by atoms with Gasteiger partial charge in [0.1, 0.15) is 0 Å². The van der Waals surface area contributed by atoms with Gasteiger partial charge in [0.15, 0.2) is 0 Å². The first-order chi connectivity index (χ1) is 19.5. The van der Waals surface area contributed by atoms with Crippen LogP contribution < -0.4 is 14.9 Å². The molecule has 2 heterocycles. The minimum absolute atomic E-state index is 0.0246. The molecule has 1 aromatic heterocycles. The lowest BCUT2D eigenvalue weighted by molar-refractivity contribution is 0.0825. The van der Waals surface area contributed by atoms with Gasteiger partial charge in [-0.05, 0) is 62.3 Å². The largest absolute Gasteiger partial charge is 0.390 e. The molecular weight excluding hydrogens is 536 g/mol. The van der Waals surface area contributed by atoms with Crippen LogP contribution in [0.2, 0.25) is 0 Å². The number of aryl methyl sites for hydroxylation is 2. The van der Waals surface area contributed by atoms with E-state index in [-0.39, 0.29) is 17.7 Å². The molecular formula is C32H46N4O4S. The lowest BCUT2D eigenvalue weighted by atomic mass is 9.99. The van der Waals surface area contributed by atoms with E-state index in [0.29, 0.717) is 43.1 Å². The maximum atomic E-state index is 13.8. The van der Waals surface area contributed by atoms with Crippen molar-refractivity contribution in [3.8, 4) is 0 Å². The van der Waals surface area contributed by atoms with Crippen LogP contribution in [0.15, 0.2) is 48.7 Å². The highest BCUT2D eigenvalue weighted by Crippen LogP contribution is 2.37. The van der Waals surface area contributed by atoms with Gasteiger partial charge in [0.2, 0.25) is 10.0 Å². The summed E-state index contributed by atoms with van der Waals surface area (Å²) in [5, 5.41) is 18.7. The van der Waals surface area contributed by atoms with E-state index >= 15 is 0 Å². The quantitative estimate of drug-likeness (QED) is 0.276. The van der Waals surface area contributed by atoms with E-state index in [4.69, 9.17) is 0 Å². The number of carbonyl (C=O) groups excluding carboxylic acids is 1. The van der Waals surface area contributed by atoms with Crippen LogP contribution in [0.1, 0.15) is 68.4 Å². The fourth-order valence-electron chi connectivity index (χ4n) is 5.65. The van der Waals surface area contributed by atoms with Gasteiger partial charge < -0.3 is 20.3 Å². The van der Waals surface area contributed by atoms with Gasteiger partial charge in [0.05, 0.1) is 29.1 Å². The molecule has 3 atom stereocenters. The van der Waals surface area contributed by atoms with Crippen LogP contribution in [-0.4, -0.2) is 61.5 Å². The van der Waals surface area contributed by atoms with Crippen LogP contribution in [0, 0.1) is 5.92 Å². The van der Waals surface area contributed by atoms with Gasteiger partial charge in [0, 0.05) is 43.3 Å². The lowest BCUT2D eigenvalue weighted by Crippen LogP contribution is -2.49. The van der Waals surface area contributed by atoms with Gasteiger partial charge in [-0.3, -0.25) is 9.10 Å². The summed E-state index contributed by atoms with van der Waals surface area (Å²) in [5.41, 5.74) is 3.72. The Kier molecular flexibility index (Phi) is 10.2. The van der Waals surface area contributed by atoms with Crippen LogP contribution >= 0.6 is 0 Å². The molecule has 9 heteroatoms. The maximum Gasteiger partial charge on any atom is 0.251 e. The van der Waals surface area contributed by atoms with Crippen LogP contribution in [-0.2, 0) is 29.4 Å². The Morgan fingerprint density at radius 1 is 1.10 bits per heavy atom. The van der Waals surface area contributed by atoms with E-state index in [1.54, 1.807) is 13.1 Å². The third-order valence-electron chi connectivity index (χ3n) is 8.20. The average molecular weight is 583 g/mol. The molecule has 4 rings (SSSR count). The Balaban J connectivity index is 1.59. The van der Waals surface area contributed by atoms with E-state index in [9.17, 15) is 18.3 Å². The summed E-state index contributed by atoms with van der Waals surface area (Å²) in [7, 11) is -1.95. The molecule has 0 bridgehead atoms. The van der Waals surface area contributed by atoms with Crippen molar-refractivity contribution >= 4 is 32.5 Å². The Labute approximate surface area is 245 Å². The predicted octanol–water partition coefficient (Wildman–Crippen LogP) is 4.49. The van der Waals surface area contributed by atoms with Crippen molar-refractivity contribution in [1.82, 2.24) is 15.2 Å². The number of hydrogen-bond acceptors (Lipinski definition) is 5. The SMILES string of the molecule is CCn1cc2c3c(cc(C(=O)N[C@@H](Cc4ccccc4)C(O)CNC(C)CCCC(C)C)cc31)N(C)S(=O)(=O)CC2. The van der Waals surface area contributed by atoms with Gasteiger partial charge in [0.25, 0.3) is 5.91 Å². The standard InChI is InChI=1S/C32H46N4O4S/c1-6-36-21-25-15-16-41(39,40)35(5)28-18-26(19-29(36)31(25)28)32(38)34-27(17-24-13-8-7-9-14-24)30(37)20-33-23(4)12-10-11-22(2)3/h7-9,13-14,18-19,21-23,27,30,33,37H,6,10-12,15-17,20H2,1-5H3,(H,34,38)/t23?,27-,30?/m0/s1. The van der Waals surface area contributed by atoms with Gasteiger partial charge in [-0.1, -0.05) is 57.0 Å². The van der Waals surface area contributed by atoms with Crippen molar-refractivity contribution in [1.29, 1.82) is 0 Å². The normalized spacial score (nSPS) is 16.9. The van der Waals surface area contributed by atoms with Gasteiger partial charge in [-0.25, -0.2) is 8.42 Å². The molecule has 8 nitrogen and oxygen atoms in total. The Morgan fingerprint density at radius 2 is 1.83 bits per heavy atom. The highest BCUT2D eigenvalue weighted by Gasteiger charge is 2.30. The second-order valence-corrected chi connectivity index (χ2v) is 14.0. The molecule has 0 saturated carbocycles. The number of sulfonamides is 1. The van der Waals surface area contributed by atoms with Crippen molar-refractivity contribution in [3.05, 3.63) is 65.4 Å². The van der Waals surface area contributed by atoms with E-state index in [0.717, 1.165) is 34.9 Å². The molecule has 0 radical (unpaired) electrons. The molecule has 41 heavy (non-hydrogen) atoms. The van der Waals surface area contributed by atoms with Crippen LogP contribution in [0.3, 0.4) is 0 Å². The average Bonchev–Trinajstić information content (AvgIpc) is 3.27. The number of anilines is 1. The molecule has 3 aromatic rings. The monoisotopic (exact) mass is 582 g/mol. The highest BCUT2D eigenvalue weighted by atomic mass is 32.2. The zero-order valence-electron chi connectivity index (χ0n) is 25.1. The van der Waals surface area contributed by atoms with Crippen molar-refractivity contribution in [2.75, 3.05) is 23.7 Å². The summed E-state index contributed by atoms with van der Waals surface area (Å²) in [5.74, 6) is 0.355. The molecule has 0 spiro atoms. The van der Waals surface area contributed by atoms with E-state index < -0.39 is 22.2 Å². The maximum absolute atomic E-state index is 13.8.